The Bertz CT molecular complexity index is 459. The van der Waals surface area contributed by atoms with Crippen LogP contribution in [0.1, 0.15) is 11.6 Å². The molecule has 1 rings (SSSR count). The van der Waals surface area contributed by atoms with Gasteiger partial charge < -0.3 is 5.11 Å². The smallest absolute Gasteiger partial charge is 0.270 e. The van der Waals surface area contributed by atoms with E-state index in [0.29, 0.717) is 10.0 Å². The molecular formula is C8H7BrN4O3. The molecule has 0 fully saturated rings. The van der Waals surface area contributed by atoms with Gasteiger partial charge in [0.05, 0.1) is 17.6 Å². The summed E-state index contributed by atoms with van der Waals surface area (Å²) in [5, 5.41) is 22.9. The maximum atomic E-state index is 10.6. The third kappa shape index (κ3) is 2.93. The molecule has 0 aromatic heterocycles. The number of non-ortho nitro benzene ring substituents is 1. The van der Waals surface area contributed by atoms with E-state index in [1.54, 1.807) is 6.07 Å². The van der Waals surface area contributed by atoms with Gasteiger partial charge in [-0.15, -0.1) is 0 Å². The zero-order valence-electron chi connectivity index (χ0n) is 7.95. The molecule has 0 bridgehead atoms. The van der Waals surface area contributed by atoms with Gasteiger partial charge in [-0.05, 0) is 17.2 Å². The van der Waals surface area contributed by atoms with Crippen LogP contribution in [0.4, 0.5) is 5.69 Å². The fourth-order valence-corrected chi connectivity index (χ4v) is 1.66. The van der Waals surface area contributed by atoms with Crippen LogP contribution in [0.5, 0.6) is 0 Å². The topological polar surface area (TPSA) is 112 Å². The minimum absolute atomic E-state index is 0.129. The van der Waals surface area contributed by atoms with E-state index in [4.69, 9.17) is 10.6 Å². The Morgan fingerprint density at radius 1 is 1.62 bits per heavy atom. The molecule has 1 aromatic carbocycles. The van der Waals surface area contributed by atoms with Crippen molar-refractivity contribution in [3.8, 4) is 0 Å². The molecule has 1 atom stereocenters. The van der Waals surface area contributed by atoms with E-state index in [9.17, 15) is 10.1 Å². The van der Waals surface area contributed by atoms with Gasteiger partial charge in [0.15, 0.2) is 0 Å². The van der Waals surface area contributed by atoms with Gasteiger partial charge in [-0.3, -0.25) is 10.1 Å². The number of nitrogens with zero attached hydrogens (tertiary/aromatic N) is 4. The van der Waals surface area contributed by atoms with Crippen LogP contribution in [0.3, 0.4) is 0 Å². The maximum Gasteiger partial charge on any atom is 0.270 e. The molecular weight excluding hydrogens is 280 g/mol. The number of aliphatic hydroxyl groups excluding tert-OH is 1. The quantitative estimate of drug-likeness (QED) is 0.302. The third-order valence-electron chi connectivity index (χ3n) is 1.86. The first-order valence-corrected chi connectivity index (χ1v) is 4.97. The summed E-state index contributed by atoms with van der Waals surface area (Å²) in [6.45, 7) is -0.405. The predicted octanol–water partition coefficient (Wildman–Crippen LogP) is 2.70. The second-order valence-electron chi connectivity index (χ2n) is 2.90. The molecule has 8 heteroatoms. The monoisotopic (exact) mass is 286 g/mol. The van der Waals surface area contributed by atoms with Crippen molar-refractivity contribution in [3.63, 3.8) is 0 Å². The third-order valence-corrected chi connectivity index (χ3v) is 2.32. The highest BCUT2D eigenvalue weighted by Crippen LogP contribution is 2.26. The zero-order chi connectivity index (χ0) is 12.1. The number of nitro benzene ring substituents is 1. The summed E-state index contributed by atoms with van der Waals surface area (Å²) in [6.07, 6.45) is 0. The first kappa shape index (κ1) is 12.4. The fourth-order valence-electron chi connectivity index (χ4n) is 1.16. The SMILES string of the molecule is [N-]=[N+]=NC(CO)c1cc(Br)cc([N+](=O)[O-])c1. The Balaban J connectivity index is 3.22. The summed E-state index contributed by atoms with van der Waals surface area (Å²) in [6, 6.07) is 3.33. The number of rotatable bonds is 4. The Morgan fingerprint density at radius 3 is 2.81 bits per heavy atom. The lowest BCUT2D eigenvalue weighted by atomic mass is 10.1. The van der Waals surface area contributed by atoms with Gasteiger partial charge in [0.2, 0.25) is 0 Å². The van der Waals surface area contributed by atoms with Crippen LogP contribution in [-0.4, -0.2) is 16.6 Å². The number of hydrogen-bond donors (Lipinski definition) is 1. The Labute approximate surface area is 98.6 Å². The highest BCUT2D eigenvalue weighted by molar-refractivity contribution is 9.10. The molecule has 0 aliphatic heterocycles. The van der Waals surface area contributed by atoms with Crippen molar-refractivity contribution in [1.29, 1.82) is 0 Å². The summed E-state index contributed by atoms with van der Waals surface area (Å²) >= 11 is 3.11. The van der Waals surface area contributed by atoms with Crippen molar-refractivity contribution < 1.29 is 10.0 Å². The van der Waals surface area contributed by atoms with Crippen LogP contribution in [0.15, 0.2) is 27.8 Å². The van der Waals surface area contributed by atoms with Gasteiger partial charge >= 0.3 is 0 Å². The molecule has 1 N–H and O–H groups in total. The number of azide groups is 1. The van der Waals surface area contributed by atoms with Crippen LogP contribution in [-0.2, 0) is 0 Å². The number of halogens is 1. The van der Waals surface area contributed by atoms with Gasteiger partial charge in [-0.2, -0.15) is 0 Å². The molecule has 7 nitrogen and oxygen atoms in total. The van der Waals surface area contributed by atoms with E-state index in [2.05, 4.69) is 26.0 Å². The van der Waals surface area contributed by atoms with E-state index in [-0.39, 0.29) is 5.69 Å². The standard InChI is InChI=1S/C8H7BrN4O3/c9-6-1-5(8(4-14)11-12-10)2-7(3-6)13(15)16/h1-3,8,14H,4H2. The summed E-state index contributed by atoms with van der Waals surface area (Å²) in [5.41, 5.74) is 8.54. The van der Waals surface area contributed by atoms with Gasteiger partial charge in [0, 0.05) is 21.5 Å². The van der Waals surface area contributed by atoms with Crippen LogP contribution >= 0.6 is 15.9 Å². The average Bonchev–Trinajstić information content (AvgIpc) is 2.24. The van der Waals surface area contributed by atoms with Crippen LogP contribution in [0, 0.1) is 10.1 Å². The van der Waals surface area contributed by atoms with E-state index in [1.807, 2.05) is 0 Å². The molecule has 0 aliphatic carbocycles. The van der Waals surface area contributed by atoms with Crippen molar-refractivity contribution >= 4 is 21.6 Å². The van der Waals surface area contributed by atoms with E-state index >= 15 is 0 Å². The van der Waals surface area contributed by atoms with E-state index in [0.717, 1.165) is 0 Å². The van der Waals surface area contributed by atoms with Crippen LogP contribution in [0.25, 0.3) is 10.4 Å². The maximum absolute atomic E-state index is 10.6. The molecule has 0 amide bonds. The fraction of sp³-hybridized carbons (Fsp3) is 0.250. The molecule has 0 spiro atoms. The van der Waals surface area contributed by atoms with Gasteiger partial charge in [0.25, 0.3) is 5.69 Å². The van der Waals surface area contributed by atoms with Crippen LogP contribution in [0.2, 0.25) is 0 Å². The normalized spacial score (nSPS) is 11.6. The number of benzene rings is 1. The number of aliphatic hydroxyl groups is 1. The van der Waals surface area contributed by atoms with Crippen molar-refractivity contribution in [3.05, 3.63) is 48.8 Å². The van der Waals surface area contributed by atoms with Crippen molar-refractivity contribution in [2.24, 2.45) is 5.11 Å². The minimum atomic E-state index is -0.818. The summed E-state index contributed by atoms with van der Waals surface area (Å²) in [7, 11) is 0. The van der Waals surface area contributed by atoms with Gasteiger partial charge in [-0.25, -0.2) is 0 Å². The molecule has 84 valence electrons. The molecule has 0 saturated heterocycles. The second-order valence-corrected chi connectivity index (χ2v) is 3.82. The summed E-state index contributed by atoms with van der Waals surface area (Å²) in [5.74, 6) is 0. The molecule has 1 aromatic rings. The summed E-state index contributed by atoms with van der Waals surface area (Å²) in [4.78, 5) is 12.6. The molecule has 0 heterocycles. The minimum Gasteiger partial charge on any atom is -0.396 e. The first-order valence-electron chi connectivity index (χ1n) is 4.18. The molecule has 0 radical (unpaired) electrons. The Morgan fingerprint density at radius 2 is 2.31 bits per heavy atom. The Hall–Kier alpha value is -1.63. The molecule has 16 heavy (non-hydrogen) atoms. The zero-order valence-corrected chi connectivity index (χ0v) is 9.53. The molecule has 0 aliphatic rings. The lowest BCUT2D eigenvalue weighted by molar-refractivity contribution is -0.385. The van der Waals surface area contributed by atoms with E-state index in [1.165, 1.54) is 12.1 Å². The highest BCUT2D eigenvalue weighted by atomic mass is 79.9. The van der Waals surface area contributed by atoms with Gasteiger partial charge in [0.1, 0.15) is 0 Å². The van der Waals surface area contributed by atoms with Crippen LogP contribution < -0.4 is 0 Å². The number of nitro groups is 1. The largest absolute Gasteiger partial charge is 0.396 e. The predicted molar refractivity (Wildman–Crippen MR) is 59.8 cm³/mol. The van der Waals surface area contributed by atoms with Crippen molar-refractivity contribution in [1.82, 2.24) is 0 Å². The molecule has 0 saturated carbocycles. The second kappa shape index (κ2) is 5.45. The number of hydrogen-bond acceptors (Lipinski definition) is 4. The first-order chi connectivity index (χ1) is 7.58. The van der Waals surface area contributed by atoms with E-state index < -0.39 is 17.6 Å². The van der Waals surface area contributed by atoms with Crippen molar-refractivity contribution in [2.75, 3.05) is 6.61 Å². The molecule has 1 unspecified atom stereocenters. The van der Waals surface area contributed by atoms with Crippen molar-refractivity contribution in [2.45, 2.75) is 6.04 Å². The van der Waals surface area contributed by atoms with Gasteiger partial charge in [-0.1, -0.05) is 21.0 Å². The summed E-state index contributed by atoms with van der Waals surface area (Å²) < 4.78 is 0.489. The Kier molecular flexibility index (Phi) is 4.24. The lowest BCUT2D eigenvalue weighted by Crippen LogP contribution is -2.01. The highest BCUT2D eigenvalue weighted by Gasteiger charge is 2.14. The average molecular weight is 287 g/mol. The lowest BCUT2D eigenvalue weighted by Gasteiger charge is -2.07.